The van der Waals surface area contributed by atoms with Gasteiger partial charge in [-0.15, -0.1) is 0 Å². The molecule has 2 heterocycles. The number of rotatable bonds is 4. The minimum absolute atomic E-state index is 0.240. The largest absolute Gasteiger partial charge is 0.330 e. The molecule has 6 heteroatoms. The number of amides is 2. The Balaban J connectivity index is 1.47. The maximum atomic E-state index is 12.7. The van der Waals surface area contributed by atoms with Gasteiger partial charge < -0.3 is 9.80 Å². The van der Waals surface area contributed by atoms with E-state index in [4.69, 9.17) is 0 Å². The minimum atomic E-state index is -0.422. The molecule has 4 rings (SSSR count). The highest BCUT2D eigenvalue weighted by Gasteiger charge is 2.39. The molecule has 6 nitrogen and oxygen atoms in total. The maximum Gasteiger partial charge on any atom is 0.312 e. The van der Waals surface area contributed by atoms with Gasteiger partial charge >= 0.3 is 11.8 Å². The average molecular weight is 364 g/mol. The molecule has 1 unspecified atom stereocenters. The third kappa shape index (κ3) is 3.44. The lowest BCUT2D eigenvalue weighted by atomic mass is 10.1. The fourth-order valence-corrected chi connectivity index (χ4v) is 4.07. The molecular formula is C21H24N4O2. The zero-order valence-corrected chi connectivity index (χ0v) is 15.5. The fourth-order valence-electron chi connectivity index (χ4n) is 4.07. The second-order valence-electron chi connectivity index (χ2n) is 7.30. The molecule has 0 radical (unpaired) electrons. The molecule has 1 atom stereocenters. The van der Waals surface area contributed by atoms with Gasteiger partial charge in [0.15, 0.2) is 0 Å². The van der Waals surface area contributed by atoms with Crippen molar-refractivity contribution in [2.45, 2.75) is 44.7 Å². The number of hydrogen-bond donors (Lipinski definition) is 0. The van der Waals surface area contributed by atoms with E-state index in [1.807, 2.05) is 37.3 Å². The molecule has 0 N–H and O–H groups in total. The Morgan fingerprint density at radius 1 is 0.963 bits per heavy atom. The highest BCUT2D eigenvalue weighted by molar-refractivity contribution is 6.35. The summed E-state index contributed by atoms with van der Waals surface area (Å²) in [5.41, 5.74) is 2.49. The van der Waals surface area contributed by atoms with Crippen molar-refractivity contribution >= 4 is 11.8 Å². The summed E-state index contributed by atoms with van der Waals surface area (Å²) in [5.74, 6) is -0.788. The number of aromatic nitrogens is 2. The van der Waals surface area contributed by atoms with Crippen LogP contribution in [-0.2, 0) is 9.59 Å². The van der Waals surface area contributed by atoms with Crippen LogP contribution in [0.25, 0.3) is 11.3 Å². The Bertz CT molecular complexity index is 816. The molecule has 27 heavy (non-hydrogen) atoms. The van der Waals surface area contributed by atoms with E-state index in [2.05, 4.69) is 9.97 Å². The summed E-state index contributed by atoms with van der Waals surface area (Å²) >= 11 is 0. The number of carbonyl (C=O) groups is 2. The summed E-state index contributed by atoms with van der Waals surface area (Å²) in [4.78, 5) is 37.7. The van der Waals surface area contributed by atoms with Crippen LogP contribution >= 0.6 is 0 Å². The SMILES string of the molecule is CC(c1cnc(-c2ccccc2)cn1)N1CCN(C2CCCC2)C(=O)C1=O. The third-order valence-corrected chi connectivity index (χ3v) is 5.69. The number of hydrogen-bond acceptors (Lipinski definition) is 4. The average Bonchev–Trinajstić information content (AvgIpc) is 3.25. The first kappa shape index (κ1) is 17.6. The van der Waals surface area contributed by atoms with Gasteiger partial charge in [-0.3, -0.25) is 19.6 Å². The Labute approximate surface area is 159 Å². The van der Waals surface area contributed by atoms with Gasteiger partial charge in [0.1, 0.15) is 0 Å². The number of benzene rings is 1. The van der Waals surface area contributed by atoms with E-state index in [9.17, 15) is 9.59 Å². The van der Waals surface area contributed by atoms with Gasteiger partial charge in [-0.25, -0.2) is 0 Å². The maximum absolute atomic E-state index is 12.7. The van der Waals surface area contributed by atoms with Crippen LogP contribution < -0.4 is 0 Å². The molecule has 1 aromatic carbocycles. The van der Waals surface area contributed by atoms with Crippen LogP contribution in [0.3, 0.4) is 0 Å². The van der Waals surface area contributed by atoms with Crippen LogP contribution in [0, 0.1) is 0 Å². The van der Waals surface area contributed by atoms with Gasteiger partial charge in [-0.05, 0) is 19.8 Å². The third-order valence-electron chi connectivity index (χ3n) is 5.69. The Morgan fingerprint density at radius 3 is 2.37 bits per heavy atom. The van der Waals surface area contributed by atoms with Crippen molar-refractivity contribution in [2.24, 2.45) is 0 Å². The normalized spacial score (nSPS) is 19.6. The van der Waals surface area contributed by atoms with Gasteiger partial charge in [-0.1, -0.05) is 43.2 Å². The van der Waals surface area contributed by atoms with Crippen LogP contribution in [0.4, 0.5) is 0 Å². The lowest BCUT2D eigenvalue weighted by molar-refractivity contribution is -0.159. The van der Waals surface area contributed by atoms with Gasteiger partial charge in [0.2, 0.25) is 0 Å². The molecule has 1 aromatic heterocycles. The van der Waals surface area contributed by atoms with Crippen molar-refractivity contribution in [3.05, 3.63) is 48.4 Å². The highest BCUT2D eigenvalue weighted by Crippen LogP contribution is 2.28. The summed E-state index contributed by atoms with van der Waals surface area (Å²) in [6.07, 6.45) is 7.75. The quantitative estimate of drug-likeness (QED) is 0.783. The van der Waals surface area contributed by atoms with Crippen LogP contribution in [-0.4, -0.2) is 50.7 Å². The summed E-state index contributed by atoms with van der Waals surface area (Å²) in [7, 11) is 0. The molecule has 2 fully saturated rings. The Kier molecular flexibility index (Phi) is 4.88. The van der Waals surface area contributed by atoms with Crippen LogP contribution in [0.1, 0.15) is 44.3 Å². The van der Waals surface area contributed by atoms with Gasteiger partial charge in [-0.2, -0.15) is 0 Å². The van der Waals surface area contributed by atoms with E-state index in [0.29, 0.717) is 18.8 Å². The van der Waals surface area contributed by atoms with Crippen molar-refractivity contribution in [2.75, 3.05) is 13.1 Å². The molecule has 0 spiro atoms. The standard InChI is InChI=1S/C21H24N4O2/c1-15(18-13-23-19(14-22-18)16-7-3-2-4-8-16)24-11-12-25(21(27)20(24)26)17-9-5-6-10-17/h2-4,7-8,13-15,17H,5-6,9-12H2,1H3. The van der Waals surface area contributed by atoms with E-state index in [1.54, 1.807) is 22.2 Å². The first-order valence-corrected chi connectivity index (χ1v) is 9.64. The predicted octanol–water partition coefficient (Wildman–Crippen LogP) is 2.82. The molecule has 1 saturated heterocycles. The van der Waals surface area contributed by atoms with Crippen LogP contribution in [0.2, 0.25) is 0 Å². The van der Waals surface area contributed by atoms with Gasteiger partial charge in [0.05, 0.1) is 29.8 Å². The summed E-state index contributed by atoms with van der Waals surface area (Å²) in [6.45, 7) is 3.06. The second-order valence-corrected chi connectivity index (χ2v) is 7.30. The molecule has 2 amide bonds. The second kappa shape index (κ2) is 7.47. The van der Waals surface area contributed by atoms with E-state index in [-0.39, 0.29) is 18.0 Å². The molecule has 0 bridgehead atoms. The summed E-state index contributed by atoms with van der Waals surface area (Å²) in [6, 6.07) is 9.81. The first-order valence-electron chi connectivity index (χ1n) is 9.64. The van der Waals surface area contributed by atoms with Gasteiger partial charge in [0, 0.05) is 24.7 Å². The number of nitrogens with zero attached hydrogens (tertiary/aromatic N) is 4. The highest BCUT2D eigenvalue weighted by atomic mass is 16.2. The molecule has 2 aromatic rings. The van der Waals surface area contributed by atoms with E-state index < -0.39 is 5.91 Å². The molecule has 1 saturated carbocycles. The lowest BCUT2D eigenvalue weighted by Gasteiger charge is -2.39. The number of piperazine rings is 1. The Morgan fingerprint density at radius 2 is 1.70 bits per heavy atom. The topological polar surface area (TPSA) is 66.4 Å². The van der Waals surface area contributed by atoms with Gasteiger partial charge in [0.25, 0.3) is 0 Å². The van der Waals surface area contributed by atoms with Crippen molar-refractivity contribution in [1.29, 1.82) is 0 Å². The fraction of sp³-hybridized carbons (Fsp3) is 0.429. The van der Waals surface area contributed by atoms with E-state index in [1.165, 1.54) is 0 Å². The number of carbonyl (C=O) groups excluding carboxylic acids is 2. The monoisotopic (exact) mass is 364 g/mol. The Hall–Kier alpha value is -2.76. The summed E-state index contributed by atoms with van der Waals surface area (Å²) in [5, 5.41) is 0. The predicted molar refractivity (Wildman–Crippen MR) is 102 cm³/mol. The molecule has 2 aliphatic rings. The van der Waals surface area contributed by atoms with Crippen molar-refractivity contribution < 1.29 is 9.59 Å². The molecular weight excluding hydrogens is 340 g/mol. The first-order chi connectivity index (χ1) is 13.1. The van der Waals surface area contributed by atoms with Crippen molar-refractivity contribution in [3.63, 3.8) is 0 Å². The lowest BCUT2D eigenvalue weighted by Crippen LogP contribution is -2.57. The summed E-state index contributed by atoms with van der Waals surface area (Å²) < 4.78 is 0. The molecule has 1 aliphatic heterocycles. The molecule has 1 aliphatic carbocycles. The van der Waals surface area contributed by atoms with Crippen LogP contribution in [0.5, 0.6) is 0 Å². The zero-order chi connectivity index (χ0) is 18.8. The zero-order valence-electron chi connectivity index (χ0n) is 15.5. The van der Waals surface area contributed by atoms with E-state index >= 15 is 0 Å². The van der Waals surface area contributed by atoms with E-state index in [0.717, 1.165) is 36.9 Å². The van der Waals surface area contributed by atoms with Crippen molar-refractivity contribution in [1.82, 2.24) is 19.8 Å². The smallest absolute Gasteiger partial charge is 0.312 e. The van der Waals surface area contributed by atoms with Crippen LogP contribution in [0.15, 0.2) is 42.7 Å². The minimum Gasteiger partial charge on any atom is -0.330 e. The van der Waals surface area contributed by atoms with Crippen molar-refractivity contribution in [3.8, 4) is 11.3 Å². The molecule has 140 valence electrons.